The number of methoxy groups -OCH3 is 3. The normalized spacial score (nSPS) is 13.8. The number of ether oxygens (including phenoxy) is 3. The van der Waals surface area contributed by atoms with E-state index in [1.807, 2.05) is 36.1 Å². The molecule has 0 bridgehead atoms. The second-order valence-corrected chi connectivity index (χ2v) is 7.09. The first-order valence-corrected chi connectivity index (χ1v) is 10.1. The molecule has 1 N–H and O–H groups in total. The first kappa shape index (κ1) is 21.5. The summed E-state index contributed by atoms with van der Waals surface area (Å²) in [6.07, 6.45) is 0.843. The minimum atomic E-state index is -0.145. The third-order valence-corrected chi connectivity index (χ3v) is 5.40. The van der Waals surface area contributed by atoms with Crippen LogP contribution in [0.5, 0.6) is 17.4 Å². The quantitative estimate of drug-likeness (QED) is 0.781. The Labute approximate surface area is 177 Å². The third-order valence-electron chi connectivity index (χ3n) is 5.40. The summed E-state index contributed by atoms with van der Waals surface area (Å²) in [6.45, 7) is 6.69. The second-order valence-electron chi connectivity index (χ2n) is 7.09. The van der Waals surface area contributed by atoms with Crippen LogP contribution in [-0.2, 0) is 6.42 Å². The number of hydrogen-bond donors (Lipinski definition) is 1. The van der Waals surface area contributed by atoms with Gasteiger partial charge in [0, 0.05) is 43.6 Å². The van der Waals surface area contributed by atoms with Gasteiger partial charge in [0.2, 0.25) is 5.88 Å². The highest BCUT2D eigenvalue weighted by Gasteiger charge is 2.23. The molecule has 30 heavy (non-hydrogen) atoms. The van der Waals surface area contributed by atoms with Gasteiger partial charge in [-0.25, -0.2) is 9.78 Å². The van der Waals surface area contributed by atoms with Gasteiger partial charge >= 0.3 is 6.03 Å². The van der Waals surface area contributed by atoms with Gasteiger partial charge in [0.1, 0.15) is 5.69 Å². The number of anilines is 2. The van der Waals surface area contributed by atoms with Gasteiger partial charge < -0.3 is 29.3 Å². The molecule has 0 atom stereocenters. The summed E-state index contributed by atoms with van der Waals surface area (Å²) in [5, 5.41) is 2.97. The van der Waals surface area contributed by atoms with Crippen LogP contribution in [0.4, 0.5) is 16.2 Å². The average molecular weight is 415 g/mol. The average Bonchev–Trinajstić information content (AvgIpc) is 2.79. The maximum absolute atomic E-state index is 12.8. The maximum Gasteiger partial charge on any atom is 0.322 e. The Morgan fingerprint density at radius 3 is 2.33 bits per heavy atom. The SMILES string of the molecule is CCc1cc(NC(=O)N2CCN(c3ccc(OC)c(OC)c3)CC2)c(OC)nc1C. The van der Waals surface area contributed by atoms with E-state index in [1.165, 1.54) is 0 Å². The van der Waals surface area contributed by atoms with Gasteiger partial charge in [-0.3, -0.25) is 0 Å². The standard InChI is InChI=1S/C22H30N4O4/c1-6-16-13-18(21(30-5)23-15(16)2)24-22(27)26-11-9-25(10-12-26)17-7-8-19(28-3)20(14-17)29-4/h7-8,13-14H,6,9-12H2,1-5H3,(H,24,27). The Morgan fingerprint density at radius 1 is 1.03 bits per heavy atom. The molecule has 1 aliphatic heterocycles. The minimum Gasteiger partial charge on any atom is -0.493 e. The van der Waals surface area contributed by atoms with Crippen molar-refractivity contribution in [2.24, 2.45) is 0 Å². The van der Waals surface area contributed by atoms with E-state index in [2.05, 4.69) is 22.1 Å². The van der Waals surface area contributed by atoms with E-state index in [0.717, 1.165) is 36.5 Å². The molecule has 0 saturated carbocycles. The summed E-state index contributed by atoms with van der Waals surface area (Å²) < 4.78 is 16.1. The number of amides is 2. The van der Waals surface area contributed by atoms with E-state index in [-0.39, 0.29) is 6.03 Å². The van der Waals surface area contributed by atoms with Gasteiger partial charge in [-0.15, -0.1) is 0 Å². The Balaban J connectivity index is 1.65. The predicted molar refractivity (Wildman–Crippen MR) is 117 cm³/mol. The number of carbonyl (C=O) groups is 1. The molecule has 1 fully saturated rings. The van der Waals surface area contributed by atoms with Crippen molar-refractivity contribution in [1.82, 2.24) is 9.88 Å². The molecule has 8 nitrogen and oxygen atoms in total. The smallest absolute Gasteiger partial charge is 0.322 e. The highest BCUT2D eigenvalue weighted by molar-refractivity contribution is 5.91. The van der Waals surface area contributed by atoms with Gasteiger partial charge in [-0.05, 0) is 37.1 Å². The van der Waals surface area contributed by atoms with Crippen molar-refractivity contribution in [3.63, 3.8) is 0 Å². The zero-order valence-electron chi connectivity index (χ0n) is 18.3. The van der Waals surface area contributed by atoms with Crippen molar-refractivity contribution in [3.8, 4) is 17.4 Å². The van der Waals surface area contributed by atoms with Crippen LogP contribution in [0.15, 0.2) is 24.3 Å². The van der Waals surface area contributed by atoms with Crippen molar-refractivity contribution in [3.05, 3.63) is 35.5 Å². The Bertz CT molecular complexity index is 895. The molecule has 1 aromatic heterocycles. The van der Waals surface area contributed by atoms with E-state index in [9.17, 15) is 4.79 Å². The molecule has 1 aliphatic rings. The lowest BCUT2D eigenvalue weighted by atomic mass is 10.1. The Kier molecular flexibility index (Phi) is 6.87. The minimum absolute atomic E-state index is 0.145. The maximum atomic E-state index is 12.8. The Hall–Kier alpha value is -3.16. The monoisotopic (exact) mass is 414 g/mol. The van der Waals surface area contributed by atoms with Crippen LogP contribution in [-0.4, -0.2) is 63.4 Å². The first-order chi connectivity index (χ1) is 14.5. The van der Waals surface area contributed by atoms with Crippen molar-refractivity contribution in [2.75, 3.05) is 57.7 Å². The van der Waals surface area contributed by atoms with Crippen LogP contribution in [0.3, 0.4) is 0 Å². The molecular weight excluding hydrogens is 384 g/mol. The topological polar surface area (TPSA) is 76.2 Å². The number of rotatable bonds is 6. The molecule has 0 radical (unpaired) electrons. The number of urea groups is 1. The number of benzene rings is 1. The van der Waals surface area contributed by atoms with Crippen LogP contribution >= 0.6 is 0 Å². The van der Waals surface area contributed by atoms with Crippen LogP contribution in [0.2, 0.25) is 0 Å². The van der Waals surface area contributed by atoms with Gasteiger partial charge in [0.15, 0.2) is 11.5 Å². The fourth-order valence-electron chi connectivity index (χ4n) is 3.61. The highest BCUT2D eigenvalue weighted by atomic mass is 16.5. The molecule has 0 aliphatic carbocycles. The van der Waals surface area contributed by atoms with E-state index >= 15 is 0 Å². The van der Waals surface area contributed by atoms with Crippen LogP contribution in [0.25, 0.3) is 0 Å². The number of nitrogens with zero attached hydrogens (tertiary/aromatic N) is 3. The fraction of sp³-hybridized carbons (Fsp3) is 0.455. The summed E-state index contributed by atoms with van der Waals surface area (Å²) >= 11 is 0. The summed E-state index contributed by atoms with van der Waals surface area (Å²) in [7, 11) is 4.81. The molecule has 0 unspecified atom stereocenters. The van der Waals surface area contributed by atoms with Gasteiger partial charge in [0.05, 0.1) is 21.3 Å². The zero-order valence-corrected chi connectivity index (χ0v) is 18.3. The van der Waals surface area contributed by atoms with Crippen molar-refractivity contribution >= 4 is 17.4 Å². The molecule has 162 valence electrons. The van der Waals surface area contributed by atoms with E-state index < -0.39 is 0 Å². The van der Waals surface area contributed by atoms with E-state index in [0.29, 0.717) is 36.2 Å². The number of carbonyl (C=O) groups excluding carboxylic acids is 1. The Morgan fingerprint density at radius 2 is 1.73 bits per heavy atom. The fourth-order valence-corrected chi connectivity index (χ4v) is 3.61. The largest absolute Gasteiger partial charge is 0.493 e. The van der Waals surface area contributed by atoms with E-state index in [4.69, 9.17) is 14.2 Å². The third kappa shape index (κ3) is 4.53. The number of hydrogen-bond acceptors (Lipinski definition) is 6. The molecular formula is C22H30N4O4. The van der Waals surface area contributed by atoms with Crippen LogP contribution in [0, 0.1) is 6.92 Å². The second kappa shape index (κ2) is 9.56. The van der Waals surface area contributed by atoms with Crippen molar-refractivity contribution in [2.45, 2.75) is 20.3 Å². The lowest BCUT2D eigenvalue weighted by molar-refractivity contribution is 0.208. The molecule has 2 amide bonds. The molecule has 1 saturated heterocycles. The number of aryl methyl sites for hydroxylation is 2. The number of pyridine rings is 1. The molecule has 8 heteroatoms. The lowest BCUT2D eigenvalue weighted by Crippen LogP contribution is -2.50. The first-order valence-electron chi connectivity index (χ1n) is 10.1. The zero-order chi connectivity index (χ0) is 21.7. The van der Waals surface area contributed by atoms with Crippen LogP contribution in [0.1, 0.15) is 18.2 Å². The van der Waals surface area contributed by atoms with Crippen molar-refractivity contribution < 1.29 is 19.0 Å². The molecule has 2 heterocycles. The summed E-state index contributed by atoms with van der Waals surface area (Å²) in [4.78, 5) is 21.3. The van der Waals surface area contributed by atoms with Gasteiger partial charge in [-0.1, -0.05) is 6.92 Å². The molecule has 0 spiro atoms. The number of aromatic nitrogens is 1. The van der Waals surface area contributed by atoms with E-state index in [1.54, 1.807) is 21.3 Å². The highest BCUT2D eigenvalue weighted by Crippen LogP contribution is 2.32. The number of piperazine rings is 1. The van der Waals surface area contributed by atoms with Crippen LogP contribution < -0.4 is 24.4 Å². The number of nitrogens with one attached hydrogen (secondary N) is 1. The summed E-state index contributed by atoms with van der Waals surface area (Å²) in [5.41, 5.74) is 3.65. The van der Waals surface area contributed by atoms with Gasteiger partial charge in [0.25, 0.3) is 0 Å². The predicted octanol–water partition coefficient (Wildman–Crippen LogP) is 3.33. The lowest BCUT2D eigenvalue weighted by Gasteiger charge is -2.36. The van der Waals surface area contributed by atoms with Gasteiger partial charge in [-0.2, -0.15) is 0 Å². The summed E-state index contributed by atoms with van der Waals surface area (Å²) in [5.74, 6) is 1.83. The summed E-state index contributed by atoms with van der Waals surface area (Å²) in [6, 6.07) is 7.66. The van der Waals surface area contributed by atoms with Crippen molar-refractivity contribution in [1.29, 1.82) is 0 Å². The molecule has 3 rings (SSSR count). The molecule has 1 aromatic carbocycles. The molecule has 2 aromatic rings.